The smallest absolute Gasteiger partial charge is 0.220 e. The summed E-state index contributed by atoms with van der Waals surface area (Å²) in [5.74, 6) is -0.0316. The second kappa shape index (κ2) is 6.05. The first-order valence-corrected chi connectivity index (χ1v) is 6.87. The average Bonchev–Trinajstić information content (AvgIpc) is 2.84. The summed E-state index contributed by atoms with van der Waals surface area (Å²) in [5.41, 5.74) is 6.67. The van der Waals surface area contributed by atoms with Crippen LogP contribution < -0.4 is 11.1 Å². The molecule has 1 aromatic rings. The van der Waals surface area contributed by atoms with E-state index in [1.807, 2.05) is 0 Å². The van der Waals surface area contributed by atoms with Crippen molar-refractivity contribution in [3.8, 4) is 0 Å². The maximum absolute atomic E-state index is 11.1. The molecule has 1 aliphatic carbocycles. The molecule has 18 heavy (non-hydrogen) atoms. The molecule has 0 unspecified atom stereocenters. The van der Waals surface area contributed by atoms with E-state index in [0.717, 1.165) is 38.8 Å². The molecule has 0 radical (unpaired) electrons. The van der Waals surface area contributed by atoms with Crippen molar-refractivity contribution in [1.29, 1.82) is 0 Å². The summed E-state index contributed by atoms with van der Waals surface area (Å²) in [6.07, 6.45) is 6.09. The van der Waals surface area contributed by atoms with Crippen LogP contribution in [0, 0.1) is 5.92 Å². The Hall–Kier alpha value is -1.29. The predicted molar refractivity (Wildman–Crippen MR) is 71.9 cm³/mol. The van der Waals surface area contributed by atoms with Crippen molar-refractivity contribution in [2.24, 2.45) is 11.7 Å². The molecule has 0 spiro atoms. The van der Waals surface area contributed by atoms with E-state index in [1.165, 1.54) is 5.69 Å². The van der Waals surface area contributed by atoms with Crippen LogP contribution in [0.5, 0.6) is 0 Å². The van der Waals surface area contributed by atoms with Crippen LogP contribution in [0.2, 0.25) is 0 Å². The Kier molecular flexibility index (Phi) is 4.42. The second-order valence-electron chi connectivity index (χ2n) is 5.12. The summed E-state index contributed by atoms with van der Waals surface area (Å²) in [5, 5.41) is 3.59. The Morgan fingerprint density at radius 2 is 2.17 bits per heavy atom. The second-order valence-corrected chi connectivity index (χ2v) is 5.12. The largest absolute Gasteiger partial charge is 0.369 e. The number of aromatic nitrogens is 1. The van der Waals surface area contributed by atoms with Gasteiger partial charge in [-0.2, -0.15) is 0 Å². The number of carbonyl (C=O) groups excluding carboxylic acids is 1. The summed E-state index contributed by atoms with van der Waals surface area (Å²) >= 11 is 0. The van der Waals surface area contributed by atoms with Crippen LogP contribution in [0.4, 0.5) is 0 Å². The lowest BCUT2D eigenvalue weighted by atomic mass is 9.85. The van der Waals surface area contributed by atoms with Crippen LogP contribution in [0.3, 0.4) is 0 Å². The minimum Gasteiger partial charge on any atom is -0.369 e. The van der Waals surface area contributed by atoms with E-state index in [2.05, 4.69) is 35.1 Å². The number of nitrogens with one attached hydrogen (secondary N) is 1. The van der Waals surface area contributed by atoms with Gasteiger partial charge in [0.2, 0.25) is 5.91 Å². The van der Waals surface area contributed by atoms with Crippen molar-refractivity contribution in [2.45, 2.75) is 51.7 Å². The van der Waals surface area contributed by atoms with E-state index in [0.29, 0.717) is 6.04 Å². The standard InChI is InChI=1S/C14H23N3O/c1-2-17-9-3-4-13(17)10-16-12-7-5-11(6-8-12)14(15)18/h3-4,9,11-12,16H,2,5-8,10H2,1H3,(H2,15,18). The summed E-state index contributed by atoms with van der Waals surface area (Å²) in [4.78, 5) is 11.1. The van der Waals surface area contributed by atoms with Crippen molar-refractivity contribution in [3.05, 3.63) is 24.0 Å². The average molecular weight is 249 g/mol. The zero-order valence-corrected chi connectivity index (χ0v) is 11.1. The molecule has 3 N–H and O–H groups in total. The Morgan fingerprint density at radius 3 is 2.78 bits per heavy atom. The molecule has 1 fully saturated rings. The van der Waals surface area contributed by atoms with Crippen molar-refractivity contribution >= 4 is 5.91 Å². The third-order valence-corrected chi connectivity index (χ3v) is 3.97. The third-order valence-electron chi connectivity index (χ3n) is 3.97. The van der Waals surface area contributed by atoms with Crippen molar-refractivity contribution in [3.63, 3.8) is 0 Å². The molecule has 0 atom stereocenters. The van der Waals surface area contributed by atoms with Gasteiger partial charge in [-0.05, 0) is 44.7 Å². The van der Waals surface area contributed by atoms with Crippen molar-refractivity contribution in [2.75, 3.05) is 0 Å². The fourth-order valence-corrected chi connectivity index (χ4v) is 2.75. The minimum absolute atomic E-state index is 0.0996. The van der Waals surface area contributed by atoms with Gasteiger partial charge >= 0.3 is 0 Å². The van der Waals surface area contributed by atoms with Crippen LogP contribution in [0.1, 0.15) is 38.3 Å². The molecule has 1 aromatic heterocycles. The number of hydrogen-bond donors (Lipinski definition) is 2. The van der Waals surface area contributed by atoms with Gasteiger partial charge in [0.15, 0.2) is 0 Å². The maximum atomic E-state index is 11.1. The maximum Gasteiger partial charge on any atom is 0.220 e. The summed E-state index contributed by atoms with van der Waals surface area (Å²) in [7, 11) is 0. The van der Waals surface area contributed by atoms with Gasteiger partial charge in [0.25, 0.3) is 0 Å². The summed E-state index contributed by atoms with van der Waals surface area (Å²) in [6.45, 7) is 4.08. The van der Waals surface area contributed by atoms with E-state index >= 15 is 0 Å². The molecule has 0 aromatic carbocycles. The van der Waals surface area contributed by atoms with E-state index in [9.17, 15) is 4.79 Å². The minimum atomic E-state index is -0.131. The Morgan fingerprint density at radius 1 is 1.44 bits per heavy atom. The van der Waals surface area contributed by atoms with Crippen LogP contribution in [0.15, 0.2) is 18.3 Å². The number of nitrogens with zero attached hydrogens (tertiary/aromatic N) is 1. The highest BCUT2D eigenvalue weighted by molar-refractivity contribution is 5.76. The van der Waals surface area contributed by atoms with E-state index < -0.39 is 0 Å². The molecular formula is C14H23N3O. The lowest BCUT2D eigenvalue weighted by molar-refractivity contribution is -0.122. The first-order chi connectivity index (χ1) is 8.70. The fourth-order valence-electron chi connectivity index (χ4n) is 2.75. The normalized spacial score (nSPS) is 24.1. The van der Waals surface area contributed by atoms with Crippen molar-refractivity contribution in [1.82, 2.24) is 9.88 Å². The van der Waals surface area contributed by atoms with Gasteiger partial charge in [-0.3, -0.25) is 4.79 Å². The molecule has 2 rings (SSSR count). The number of aryl methyl sites for hydroxylation is 1. The highest BCUT2D eigenvalue weighted by atomic mass is 16.1. The molecule has 1 amide bonds. The van der Waals surface area contributed by atoms with Crippen LogP contribution in [-0.2, 0) is 17.9 Å². The van der Waals surface area contributed by atoms with E-state index in [-0.39, 0.29) is 11.8 Å². The molecule has 0 bridgehead atoms. The predicted octanol–water partition coefficient (Wildman–Crippen LogP) is 1.64. The van der Waals surface area contributed by atoms with Gasteiger partial charge in [0.1, 0.15) is 0 Å². The summed E-state index contributed by atoms with van der Waals surface area (Å²) < 4.78 is 2.25. The molecule has 4 nitrogen and oxygen atoms in total. The Bertz CT molecular complexity index is 391. The molecule has 1 saturated carbocycles. The number of nitrogens with two attached hydrogens (primary N) is 1. The van der Waals surface area contributed by atoms with Gasteiger partial charge < -0.3 is 15.6 Å². The molecule has 1 aliphatic rings. The van der Waals surface area contributed by atoms with Crippen molar-refractivity contribution < 1.29 is 4.79 Å². The van der Waals surface area contributed by atoms with Crippen LogP contribution in [-0.4, -0.2) is 16.5 Å². The SMILES string of the molecule is CCn1cccc1CNC1CCC(C(N)=O)CC1. The van der Waals surface area contributed by atoms with Gasteiger partial charge in [0.05, 0.1) is 0 Å². The molecular weight excluding hydrogens is 226 g/mol. The van der Waals surface area contributed by atoms with Gasteiger partial charge in [-0.25, -0.2) is 0 Å². The van der Waals surface area contributed by atoms with Gasteiger partial charge in [0, 0.05) is 36.9 Å². The molecule has 0 aliphatic heterocycles. The number of amides is 1. The molecule has 100 valence electrons. The molecule has 0 saturated heterocycles. The zero-order chi connectivity index (χ0) is 13.0. The van der Waals surface area contributed by atoms with Crippen LogP contribution >= 0.6 is 0 Å². The number of carbonyl (C=O) groups is 1. The van der Waals surface area contributed by atoms with E-state index in [4.69, 9.17) is 5.73 Å². The zero-order valence-electron chi connectivity index (χ0n) is 11.1. The third kappa shape index (κ3) is 3.13. The molecule has 1 heterocycles. The lowest BCUT2D eigenvalue weighted by Gasteiger charge is -2.27. The first-order valence-electron chi connectivity index (χ1n) is 6.87. The fraction of sp³-hybridized carbons (Fsp3) is 0.643. The number of rotatable bonds is 5. The number of primary amides is 1. The Balaban J connectivity index is 1.77. The summed E-state index contributed by atoms with van der Waals surface area (Å²) in [6, 6.07) is 4.77. The van der Waals surface area contributed by atoms with Crippen LogP contribution in [0.25, 0.3) is 0 Å². The quantitative estimate of drug-likeness (QED) is 0.833. The monoisotopic (exact) mass is 249 g/mol. The van der Waals surface area contributed by atoms with E-state index in [1.54, 1.807) is 0 Å². The van der Waals surface area contributed by atoms with Gasteiger partial charge in [-0.15, -0.1) is 0 Å². The highest BCUT2D eigenvalue weighted by Crippen LogP contribution is 2.24. The highest BCUT2D eigenvalue weighted by Gasteiger charge is 2.24. The van der Waals surface area contributed by atoms with Gasteiger partial charge in [-0.1, -0.05) is 0 Å². The molecule has 4 heteroatoms. The Labute approximate surface area is 109 Å². The first kappa shape index (κ1) is 13.1. The lowest BCUT2D eigenvalue weighted by Crippen LogP contribution is -2.36. The topological polar surface area (TPSA) is 60.1 Å². The number of hydrogen-bond acceptors (Lipinski definition) is 2.